The Morgan fingerprint density at radius 3 is 2.27 bits per heavy atom. The summed E-state index contributed by atoms with van der Waals surface area (Å²) in [6.45, 7) is 11.4. The van der Waals surface area contributed by atoms with E-state index in [1.807, 2.05) is 13.8 Å². The van der Waals surface area contributed by atoms with Crippen LogP contribution in [0.4, 0.5) is 0 Å². The first-order valence-corrected chi connectivity index (χ1v) is 4.17. The van der Waals surface area contributed by atoms with Gasteiger partial charge in [0.05, 0.1) is 12.7 Å². The molecule has 0 heterocycles. The quantitative estimate of drug-likeness (QED) is 0.553. The van der Waals surface area contributed by atoms with Gasteiger partial charge < -0.3 is 9.47 Å². The van der Waals surface area contributed by atoms with E-state index in [4.69, 9.17) is 9.47 Å². The van der Waals surface area contributed by atoms with Crippen LogP contribution in [0.1, 0.15) is 27.7 Å². The molecule has 0 spiro atoms. The summed E-state index contributed by atoms with van der Waals surface area (Å²) >= 11 is 0. The lowest BCUT2D eigenvalue weighted by Gasteiger charge is -2.08. The molecule has 0 bridgehead atoms. The van der Waals surface area contributed by atoms with Crippen molar-refractivity contribution in [3.05, 3.63) is 6.61 Å². The van der Waals surface area contributed by atoms with E-state index in [1.54, 1.807) is 6.61 Å². The summed E-state index contributed by atoms with van der Waals surface area (Å²) in [7, 11) is 0. The fourth-order valence-electron chi connectivity index (χ4n) is 0.584. The van der Waals surface area contributed by atoms with Gasteiger partial charge in [0.1, 0.15) is 6.61 Å². The van der Waals surface area contributed by atoms with Gasteiger partial charge in [-0.2, -0.15) is 0 Å². The molecule has 67 valence electrons. The van der Waals surface area contributed by atoms with Crippen molar-refractivity contribution < 1.29 is 9.47 Å². The average Bonchev–Trinajstić information content (AvgIpc) is 1.85. The van der Waals surface area contributed by atoms with Crippen molar-refractivity contribution in [1.29, 1.82) is 0 Å². The highest BCUT2D eigenvalue weighted by molar-refractivity contribution is 4.50. The zero-order chi connectivity index (χ0) is 8.69. The Morgan fingerprint density at radius 2 is 1.82 bits per heavy atom. The van der Waals surface area contributed by atoms with Crippen molar-refractivity contribution in [3.8, 4) is 0 Å². The fraction of sp³-hybridized carbons (Fsp3) is 0.889. The second kappa shape index (κ2) is 6.62. The number of ether oxygens (including phenoxy) is 2. The van der Waals surface area contributed by atoms with Gasteiger partial charge in [-0.3, -0.25) is 0 Å². The summed E-state index contributed by atoms with van der Waals surface area (Å²) in [5.41, 5.74) is 0. The average molecular weight is 159 g/mol. The predicted octanol–water partition coefficient (Wildman–Crippen LogP) is 2.25. The first-order valence-electron chi connectivity index (χ1n) is 4.17. The molecule has 0 fully saturated rings. The molecule has 0 N–H and O–H groups in total. The molecule has 0 aliphatic carbocycles. The first-order chi connectivity index (χ1) is 5.13. The molecule has 11 heavy (non-hydrogen) atoms. The van der Waals surface area contributed by atoms with Gasteiger partial charge in [-0.05, 0) is 19.8 Å². The van der Waals surface area contributed by atoms with Gasteiger partial charge in [-0.25, -0.2) is 0 Å². The zero-order valence-corrected chi connectivity index (χ0v) is 7.96. The van der Waals surface area contributed by atoms with E-state index in [9.17, 15) is 0 Å². The van der Waals surface area contributed by atoms with E-state index in [0.717, 1.165) is 6.61 Å². The van der Waals surface area contributed by atoms with Gasteiger partial charge in [0, 0.05) is 6.61 Å². The van der Waals surface area contributed by atoms with Gasteiger partial charge in [-0.1, -0.05) is 13.8 Å². The normalized spacial score (nSPS) is 11.5. The molecule has 1 radical (unpaired) electrons. The number of hydrogen-bond donors (Lipinski definition) is 0. The molecular weight excluding hydrogens is 140 g/mol. The molecule has 0 rings (SSSR count). The number of rotatable bonds is 6. The fourth-order valence-corrected chi connectivity index (χ4v) is 0.584. The monoisotopic (exact) mass is 159 g/mol. The molecular formula is C9H19O2. The molecule has 0 saturated heterocycles. The van der Waals surface area contributed by atoms with Gasteiger partial charge in [0.25, 0.3) is 0 Å². The van der Waals surface area contributed by atoms with Gasteiger partial charge in [0.15, 0.2) is 0 Å². The van der Waals surface area contributed by atoms with Crippen LogP contribution in [0.3, 0.4) is 0 Å². The molecule has 0 aromatic heterocycles. The maximum absolute atomic E-state index is 5.26. The summed E-state index contributed by atoms with van der Waals surface area (Å²) < 4.78 is 10.4. The van der Waals surface area contributed by atoms with Gasteiger partial charge in [-0.15, -0.1) is 0 Å². The van der Waals surface area contributed by atoms with Crippen molar-refractivity contribution in [3.63, 3.8) is 0 Å². The van der Waals surface area contributed by atoms with Crippen molar-refractivity contribution in [2.24, 2.45) is 5.92 Å². The topological polar surface area (TPSA) is 18.5 Å². The lowest BCUT2D eigenvalue weighted by Crippen LogP contribution is -2.07. The second-order valence-corrected chi connectivity index (χ2v) is 3.28. The second-order valence-electron chi connectivity index (χ2n) is 3.28. The van der Waals surface area contributed by atoms with E-state index < -0.39 is 0 Å². The standard InChI is InChI=1S/C9H19O2/c1-8(2)7-10-5-6-11-9(3)4/h6,8-9H,5,7H2,1-4H3. The minimum Gasteiger partial charge on any atom is -0.378 e. The van der Waals surface area contributed by atoms with Crippen LogP contribution in [0.25, 0.3) is 0 Å². The van der Waals surface area contributed by atoms with E-state index in [0.29, 0.717) is 12.5 Å². The summed E-state index contributed by atoms with van der Waals surface area (Å²) in [5.74, 6) is 0.599. The maximum Gasteiger partial charge on any atom is 0.110 e. The smallest absolute Gasteiger partial charge is 0.110 e. The molecule has 0 aliphatic rings. The SMILES string of the molecule is CC(C)COC[CH]OC(C)C. The molecule has 0 atom stereocenters. The Morgan fingerprint density at radius 1 is 1.18 bits per heavy atom. The predicted molar refractivity (Wildman–Crippen MR) is 46.2 cm³/mol. The van der Waals surface area contributed by atoms with E-state index >= 15 is 0 Å². The highest BCUT2D eigenvalue weighted by Gasteiger charge is 1.95. The molecule has 0 aromatic carbocycles. The van der Waals surface area contributed by atoms with Crippen molar-refractivity contribution in [2.45, 2.75) is 33.8 Å². The van der Waals surface area contributed by atoms with Gasteiger partial charge in [0.2, 0.25) is 0 Å². The minimum atomic E-state index is 0.262. The lowest BCUT2D eigenvalue weighted by molar-refractivity contribution is 0.0552. The van der Waals surface area contributed by atoms with Crippen LogP contribution < -0.4 is 0 Å². The third kappa shape index (κ3) is 9.92. The van der Waals surface area contributed by atoms with E-state index in [-0.39, 0.29) is 6.10 Å². The Kier molecular flexibility index (Phi) is 6.57. The summed E-state index contributed by atoms with van der Waals surface area (Å²) in [6.07, 6.45) is 0.262. The summed E-state index contributed by atoms with van der Waals surface area (Å²) in [5, 5.41) is 0. The molecule has 0 unspecified atom stereocenters. The van der Waals surface area contributed by atoms with Crippen molar-refractivity contribution >= 4 is 0 Å². The van der Waals surface area contributed by atoms with Crippen molar-refractivity contribution in [2.75, 3.05) is 13.2 Å². The highest BCUT2D eigenvalue weighted by atomic mass is 16.5. The van der Waals surface area contributed by atoms with E-state index in [1.165, 1.54) is 0 Å². The molecule has 0 aliphatic heterocycles. The largest absolute Gasteiger partial charge is 0.378 e. The van der Waals surface area contributed by atoms with E-state index in [2.05, 4.69) is 13.8 Å². The van der Waals surface area contributed by atoms with Crippen LogP contribution >= 0.6 is 0 Å². The zero-order valence-electron chi connectivity index (χ0n) is 7.96. The van der Waals surface area contributed by atoms with Gasteiger partial charge >= 0.3 is 0 Å². The minimum absolute atomic E-state index is 0.262. The van der Waals surface area contributed by atoms with Crippen LogP contribution in [0.2, 0.25) is 0 Å². The van der Waals surface area contributed by atoms with Crippen LogP contribution in [0.5, 0.6) is 0 Å². The lowest BCUT2D eigenvalue weighted by atomic mass is 10.2. The third-order valence-electron chi connectivity index (χ3n) is 1.01. The third-order valence-corrected chi connectivity index (χ3v) is 1.01. The summed E-state index contributed by atoms with van der Waals surface area (Å²) in [4.78, 5) is 0. The Bertz CT molecular complexity index is 69.6. The Balaban J connectivity index is 2.91. The number of hydrogen-bond acceptors (Lipinski definition) is 2. The molecule has 0 amide bonds. The molecule has 2 nitrogen and oxygen atoms in total. The highest BCUT2D eigenvalue weighted by Crippen LogP contribution is 1.95. The molecule has 0 aromatic rings. The maximum atomic E-state index is 5.26. The van der Waals surface area contributed by atoms with Crippen LogP contribution in [-0.2, 0) is 9.47 Å². The first kappa shape index (κ1) is 10.9. The Labute approximate surface area is 69.9 Å². The van der Waals surface area contributed by atoms with Crippen molar-refractivity contribution in [1.82, 2.24) is 0 Å². The van der Waals surface area contributed by atoms with Crippen LogP contribution in [0, 0.1) is 12.5 Å². The van der Waals surface area contributed by atoms with Crippen LogP contribution in [0.15, 0.2) is 0 Å². The molecule has 0 saturated carbocycles. The van der Waals surface area contributed by atoms with Crippen LogP contribution in [-0.4, -0.2) is 19.3 Å². The molecule has 2 heteroatoms. The Hall–Kier alpha value is -0.0800. The summed E-state index contributed by atoms with van der Waals surface area (Å²) in [6, 6.07) is 0.